The second kappa shape index (κ2) is 11.0. The van der Waals surface area contributed by atoms with Gasteiger partial charge in [0, 0.05) is 23.5 Å². The van der Waals surface area contributed by atoms with Gasteiger partial charge in [-0.3, -0.25) is 4.79 Å². The van der Waals surface area contributed by atoms with E-state index in [1.807, 2.05) is 54.6 Å². The summed E-state index contributed by atoms with van der Waals surface area (Å²) in [5, 5.41) is 15.3. The van der Waals surface area contributed by atoms with E-state index in [0.29, 0.717) is 0 Å². The first-order valence-electron chi connectivity index (χ1n) is 10.0. The Labute approximate surface area is 184 Å². The number of aromatic nitrogens is 1. The maximum atomic E-state index is 12.9. The van der Waals surface area contributed by atoms with E-state index in [4.69, 9.17) is 4.74 Å². The van der Waals surface area contributed by atoms with Crippen molar-refractivity contribution < 1.29 is 29.0 Å². The fraction of sp³-hybridized carbons (Fsp3) is 0.261. The molecule has 0 aliphatic heterocycles. The van der Waals surface area contributed by atoms with Gasteiger partial charge in [0.2, 0.25) is 5.91 Å². The number of nitrogens with one attached hydrogen (secondary N) is 3. The van der Waals surface area contributed by atoms with Gasteiger partial charge in [0.1, 0.15) is 12.6 Å². The zero-order valence-electron chi connectivity index (χ0n) is 17.5. The molecule has 1 heterocycles. The van der Waals surface area contributed by atoms with Crippen molar-refractivity contribution >= 4 is 28.9 Å². The lowest BCUT2D eigenvalue weighted by Gasteiger charge is -2.21. The van der Waals surface area contributed by atoms with Crippen LogP contribution in [0.1, 0.15) is 11.1 Å². The average Bonchev–Trinajstić information content (AvgIpc) is 3.23. The number of para-hydroxylation sites is 1. The van der Waals surface area contributed by atoms with Crippen molar-refractivity contribution in [2.24, 2.45) is 0 Å². The van der Waals surface area contributed by atoms with Crippen LogP contribution in [0.2, 0.25) is 0 Å². The third-order valence-corrected chi connectivity index (χ3v) is 4.91. The Hall–Kier alpha value is -3.85. The zero-order chi connectivity index (χ0) is 22.9. The molecule has 168 valence electrons. The van der Waals surface area contributed by atoms with E-state index in [9.17, 15) is 19.5 Å². The van der Waals surface area contributed by atoms with Crippen LogP contribution in [-0.2, 0) is 32.1 Å². The Morgan fingerprint density at radius 3 is 2.44 bits per heavy atom. The van der Waals surface area contributed by atoms with Gasteiger partial charge in [0.25, 0.3) is 0 Å². The van der Waals surface area contributed by atoms with Crippen molar-refractivity contribution in [3.05, 3.63) is 71.9 Å². The molecule has 2 atom stereocenters. The molecule has 32 heavy (non-hydrogen) atoms. The van der Waals surface area contributed by atoms with E-state index < -0.39 is 36.7 Å². The summed E-state index contributed by atoms with van der Waals surface area (Å²) in [6, 6.07) is 14.4. The zero-order valence-corrected chi connectivity index (χ0v) is 17.5. The van der Waals surface area contributed by atoms with Crippen molar-refractivity contribution in [1.82, 2.24) is 15.6 Å². The molecule has 0 aliphatic carbocycles. The molecule has 0 fully saturated rings. The minimum atomic E-state index is -1.25. The van der Waals surface area contributed by atoms with Crippen LogP contribution in [0.4, 0.5) is 4.79 Å². The number of benzene rings is 2. The Bertz CT molecular complexity index is 1070. The minimum Gasteiger partial charge on any atom is -0.467 e. The lowest BCUT2D eigenvalue weighted by Crippen LogP contribution is -2.53. The van der Waals surface area contributed by atoms with Gasteiger partial charge >= 0.3 is 12.1 Å². The van der Waals surface area contributed by atoms with Gasteiger partial charge in [-0.05, 0) is 17.2 Å². The van der Waals surface area contributed by atoms with E-state index in [1.54, 1.807) is 6.20 Å². The first kappa shape index (κ1) is 22.8. The van der Waals surface area contributed by atoms with Gasteiger partial charge < -0.3 is 30.2 Å². The molecule has 0 aliphatic rings. The van der Waals surface area contributed by atoms with Gasteiger partial charge in [-0.15, -0.1) is 0 Å². The molecule has 0 saturated carbocycles. The lowest BCUT2D eigenvalue weighted by atomic mass is 10.0. The van der Waals surface area contributed by atoms with Gasteiger partial charge in [-0.2, -0.15) is 0 Å². The largest absolute Gasteiger partial charge is 0.467 e. The Morgan fingerprint density at radius 2 is 1.72 bits per heavy atom. The number of amides is 2. The predicted molar refractivity (Wildman–Crippen MR) is 117 cm³/mol. The molecular weight excluding hydrogens is 414 g/mol. The summed E-state index contributed by atoms with van der Waals surface area (Å²) in [4.78, 5) is 40.2. The number of aromatic amines is 1. The molecule has 2 aromatic carbocycles. The highest BCUT2D eigenvalue weighted by molar-refractivity contribution is 5.91. The first-order valence-corrected chi connectivity index (χ1v) is 10.0. The van der Waals surface area contributed by atoms with E-state index in [1.165, 1.54) is 0 Å². The fourth-order valence-corrected chi connectivity index (χ4v) is 3.23. The number of hydrogen-bond acceptors (Lipinski definition) is 6. The minimum absolute atomic E-state index is 0.0372. The predicted octanol–water partition coefficient (Wildman–Crippen LogP) is 1.66. The highest BCUT2D eigenvalue weighted by Crippen LogP contribution is 2.19. The quantitative estimate of drug-likeness (QED) is 0.375. The monoisotopic (exact) mass is 439 g/mol. The number of fused-ring (bicyclic) bond motifs is 1. The number of rotatable bonds is 9. The highest BCUT2D eigenvalue weighted by atomic mass is 16.5. The molecule has 3 rings (SSSR count). The molecular formula is C23H25N3O6. The number of carbonyl (C=O) groups excluding carboxylic acids is 3. The van der Waals surface area contributed by atoms with Crippen LogP contribution in [0.25, 0.3) is 10.9 Å². The van der Waals surface area contributed by atoms with Crippen LogP contribution in [0.3, 0.4) is 0 Å². The smallest absolute Gasteiger partial charge is 0.408 e. The third-order valence-electron chi connectivity index (χ3n) is 4.91. The maximum absolute atomic E-state index is 12.9. The van der Waals surface area contributed by atoms with Crippen molar-refractivity contribution in [1.29, 1.82) is 0 Å². The summed E-state index contributed by atoms with van der Waals surface area (Å²) >= 11 is 0. The molecule has 0 bridgehead atoms. The molecule has 3 aromatic rings. The second-order valence-electron chi connectivity index (χ2n) is 7.09. The fourth-order valence-electron chi connectivity index (χ4n) is 3.23. The van der Waals surface area contributed by atoms with E-state index >= 15 is 0 Å². The molecule has 2 amide bonds. The number of H-pyrrole nitrogens is 1. The number of ether oxygens (including phenoxy) is 2. The summed E-state index contributed by atoms with van der Waals surface area (Å²) < 4.78 is 9.82. The van der Waals surface area contributed by atoms with Gasteiger partial charge in [-0.25, -0.2) is 9.59 Å². The van der Waals surface area contributed by atoms with Crippen LogP contribution in [0.5, 0.6) is 0 Å². The summed E-state index contributed by atoms with van der Waals surface area (Å²) in [5.74, 6) is -1.45. The molecule has 0 saturated heterocycles. The lowest BCUT2D eigenvalue weighted by molar-refractivity contribution is -0.146. The molecule has 4 N–H and O–H groups in total. The normalized spacial score (nSPS) is 12.6. The number of aliphatic hydroxyl groups excluding tert-OH is 1. The van der Waals surface area contributed by atoms with Crippen molar-refractivity contribution in [3.8, 4) is 0 Å². The molecule has 1 aromatic heterocycles. The van der Waals surface area contributed by atoms with Crippen LogP contribution >= 0.6 is 0 Å². The topological polar surface area (TPSA) is 130 Å². The number of esters is 1. The summed E-state index contributed by atoms with van der Waals surface area (Å²) in [6.07, 6.45) is 1.11. The number of carbonyl (C=O) groups is 3. The van der Waals surface area contributed by atoms with Crippen LogP contribution in [0.15, 0.2) is 60.8 Å². The number of aliphatic hydroxyl groups is 1. The van der Waals surface area contributed by atoms with Gasteiger partial charge in [0.05, 0.1) is 13.7 Å². The first-order chi connectivity index (χ1) is 15.5. The number of alkyl carbamates (subject to hydrolysis) is 1. The van der Waals surface area contributed by atoms with E-state index in [0.717, 1.165) is 29.1 Å². The Morgan fingerprint density at radius 1 is 1.00 bits per heavy atom. The SMILES string of the molecule is COC(=O)[C@H](CO)NC(=O)[C@H](Cc1c[nH]c2ccccc12)NC(=O)OCc1ccccc1. The molecule has 0 unspecified atom stereocenters. The summed E-state index contributed by atoms with van der Waals surface area (Å²) in [5.41, 5.74) is 2.48. The third kappa shape index (κ3) is 5.86. The second-order valence-corrected chi connectivity index (χ2v) is 7.09. The van der Waals surface area contributed by atoms with E-state index in [2.05, 4.69) is 20.4 Å². The summed E-state index contributed by atoms with van der Waals surface area (Å²) in [7, 11) is 1.15. The van der Waals surface area contributed by atoms with Crippen molar-refractivity contribution in [3.63, 3.8) is 0 Å². The van der Waals surface area contributed by atoms with Crippen LogP contribution in [-0.4, -0.2) is 53.9 Å². The van der Waals surface area contributed by atoms with Crippen molar-refractivity contribution in [2.75, 3.05) is 13.7 Å². The Kier molecular flexibility index (Phi) is 7.82. The van der Waals surface area contributed by atoms with Gasteiger partial charge in [-0.1, -0.05) is 48.5 Å². The standard InChI is InChI=1S/C23H25N3O6/c1-31-22(29)20(13-27)25-21(28)19(11-16-12-24-18-10-6-5-9-17(16)18)26-23(30)32-14-15-7-3-2-4-8-15/h2-10,12,19-20,24,27H,11,13-14H2,1H3,(H,25,28)(H,26,30)/t19-,20-/m0/s1. The molecule has 0 radical (unpaired) electrons. The van der Waals surface area contributed by atoms with Gasteiger partial charge in [0.15, 0.2) is 6.04 Å². The van der Waals surface area contributed by atoms with Crippen molar-refractivity contribution in [2.45, 2.75) is 25.1 Å². The number of methoxy groups -OCH3 is 1. The molecule has 9 nitrogen and oxygen atoms in total. The Balaban J connectivity index is 1.74. The maximum Gasteiger partial charge on any atom is 0.408 e. The average molecular weight is 439 g/mol. The van der Waals surface area contributed by atoms with Crippen LogP contribution < -0.4 is 10.6 Å². The van der Waals surface area contributed by atoms with Crippen LogP contribution in [0, 0.1) is 0 Å². The van der Waals surface area contributed by atoms with E-state index in [-0.39, 0.29) is 13.0 Å². The molecule has 9 heteroatoms. The number of hydrogen-bond donors (Lipinski definition) is 4. The summed E-state index contributed by atoms with van der Waals surface area (Å²) in [6.45, 7) is -0.605. The highest BCUT2D eigenvalue weighted by Gasteiger charge is 2.28. The molecule has 0 spiro atoms.